The van der Waals surface area contributed by atoms with E-state index < -0.39 is 11.9 Å². The molecule has 9 nitrogen and oxygen atoms in total. The molecule has 10 heteroatoms. The predicted molar refractivity (Wildman–Crippen MR) is 175 cm³/mol. The van der Waals surface area contributed by atoms with Crippen LogP contribution in [0.2, 0.25) is 0 Å². The van der Waals surface area contributed by atoms with Crippen molar-refractivity contribution in [3.05, 3.63) is 53.0 Å². The van der Waals surface area contributed by atoms with Crippen LogP contribution >= 0.6 is 0 Å². The first kappa shape index (κ1) is 34.5. The highest BCUT2D eigenvalue weighted by molar-refractivity contribution is 5.80. The van der Waals surface area contributed by atoms with Crippen molar-refractivity contribution in [1.82, 2.24) is 20.1 Å². The number of urea groups is 1. The number of halogens is 1. The van der Waals surface area contributed by atoms with Gasteiger partial charge in [-0.2, -0.15) is 0 Å². The van der Waals surface area contributed by atoms with Crippen LogP contribution in [0.5, 0.6) is 5.75 Å². The topological polar surface area (TPSA) is 96.0 Å². The number of aryl methyl sites for hydroxylation is 2. The van der Waals surface area contributed by atoms with E-state index in [9.17, 15) is 14.0 Å². The molecule has 0 aliphatic carbocycles. The predicted octanol–water partition coefficient (Wildman–Crippen LogP) is 5.98. The first-order valence-corrected chi connectivity index (χ1v) is 16.4. The van der Waals surface area contributed by atoms with Gasteiger partial charge >= 0.3 is 6.03 Å². The third-order valence-electron chi connectivity index (χ3n) is 8.96. The van der Waals surface area contributed by atoms with Crippen LogP contribution in [0.3, 0.4) is 0 Å². The Labute approximate surface area is 268 Å². The van der Waals surface area contributed by atoms with E-state index in [1.807, 2.05) is 4.90 Å². The summed E-state index contributed by atoms with van der Waals surface area (Å²) in [5.41, 5.74) is 2.66. The number of carbonyl (C=O) groups is 2. The van der Waals surface area contributed by atoms with Gasteiger partial charge in [0, 0.05) is 43.8 Å². The first-order chi connectivity index (χ1) is 21.4. The molecule has 1 saturated heterocycles. The Kier molecular flexibility index (Phi) is 11.7. The lowest BCUT2D eigenvalue weighted by Crippen LogP contribution is -2.41. The molecule has 248 valence electrons. The molecule has 0 spiro atoms. The van der Waals surface area contributed by atoms with Crippen molar-refractivity contribution in [2.45, 2.75) is 79.2 Å². The van der Waals surface area contributed by atoms with Crippen molar-refractivity contribution in [1.29, 1.82) is 0 Å². The van der Waals surface area contributed by atoms with Crippen LogP contribution in [0, 0.1) is 16.6 Å². The Morgan fingerprint density at radius 1 is 1.13 bits per heavy atom. The molecule has 4 rings (SSSR count). The van der Waals surface area contributed by atoms with Crippen molar-refractivity contribution in [2.24, 2.45) is 10.8 Å². The molecule has 3 amide bonds. The molecule has 2 aromatic rings. The second kappa shape index (κ2) is 15.3. The first-order valence-electron chi connectivity index (χ1n) is 16.4. The summed E-state index contributed by atoms with van der Waals surface area (Å²) in [7, 11) is 1.41. The lowest BCUT2D eigenvalue weighted by Gasteiger charge is -2.30. The molecule has 0 radical (unpaired) electrons. The number of ether oxygens (including phenoxy) is 2. The number of hydrogen-bond donors (Lipinski definition) is 2. The van der Waals surface area contributed by atoms with Crippen molar-refractivity contribution in [2.75, 3.05) is 58.4 Å². The second-order valence-electron chi connectivity index (χ2n) is 14.0. The number of amides is 3. The second-order valence-corrected chi connectivity index (χ2v) is 14.0. The Morgan fingerprint density at radius 3 is 2.64 bits per heavy atom. The zero-order valence-electron chi connectivity index (χ0n) is 28.0. The van der Waals surface area contributed by atoms with E-state index in [1.165, 1.54) is 18.7 Å². The van der Waals surface area contributed by atoms with E-state index in [0.29, 0.717) is 45.0 Å². The number of pyridine rings is 1. The van der Waals surface area contributed by atoms with Gasteiger partial charge in [-0.15, -0.1) is 0 Å². The van der Waals surface area contributed by atoms with Crippen LogP contribution < -0.4 is 15.4 Å². The van der Waals surface area contributed by atoms with E-state index in [2.05, 4.69) is 57.4 Å². The van der Waals surface area contributed by atoms with Gasteiger partial charge in [0.25, 0.3) is 0 Å². The molecule has 2 N–H and O–H groups in total. The van der Waals surface area contributed by atoms with E-state index >= 15 is 0 Å². The summed E-state index contributed by atoms with van der Waals surface area (Å²) in [6, 6.07) is 8.13. The number of methoxy groups -OCH3 is 1. The maximum atomic E-state index is 14.8. The van der Waals surface area contributed by atoms with Crippen LogP contribution in [-0.4, -0.2) is 79.8 Å². The molecule has 2 aliphatic heterocycles. The third kappa shape index (κ3) is 9.55. The maximum Gasteiger partial charge on any atom is 0.320 e. The monoisotopic (exact) mass is 625 g/mol. The van der Waals surface area contributed by atoms with Crippen molar-refractivity contribution < 1.29 is 23.5 Å². The molecule has 0 saturated carbocycles. The Bertz CT molecular complexity index is 1320. The van der Waals surface area contributed by atoms with Gasteiger partial charge in [-0.05, 0) is 66.8 Å². The quantitative estimate of drug-likeness (QED) is 0.238. The molecule has 45 heavy (non-hydrogen) atoms. The summed E-state index contributed by atoms with van der Waals surface area (Å²) in [6.45, 7) is 14.7. The zero-order valence-corrected chi connectivity index (χ0v) is 28.0. The highest BCUT2D eigenvalue weighted by atomic mass is 19.1. The summed E-state index contributed by atoms with van der Waals surface area (Å²) in [6.07, 6.45) is 4.77. The Balaban J connectivity index is 1.37. The molecular weight excluding hydrogens is 573 g/mol. The average Bonchev–Trinajstić information content (AvgIpc) is 3.38. The van der Waals surface area contributed by atoms with Crippen LogP contribution in [0.25, 0.3) is 0 Å². The summed E-state index contributed by atoms with van der Waals surface area (Å²) in [5.74, 6) is 0.377. The van der Waals surface area contributed by atoms with Crippen LogP contribution in [0.15, 0.2) is 30.3 Å². The normalized spacial score (nSPS) is 15.9. The molecular formula is C35H52FN5O4. The van der Waals surface area contributed by atoms with E-state index in [0.717, 1.165) is 50.2 Å². The highest BCUT2D eigenvalue weighted by Gasteiger charge is 2.36. The van der Waals surface area contributed by atoms with Gasteiger partial charge in [-0.25, -0.2) is 14.2 Å². The summed E-state index contributed by atoms with van der Waals surface area (Å²) in [4.78, 5) is 35.2. The molecule has 3 heterocycles. The van der Waals surface area contributed by atoms with Gasteiger partial charge in [0.1, 0.15) is 5.82 Å². The van der Waals surface area contributed by atoms with Gasteiger partial charge in [-0.1, -0.05) is 46.8 Å². The van der Waals surface area contributed by atoms with Crippen LogP contribution in [-0.2, 0) is 22.4 Å². The summed E-state index contributed by atoms with van der Waals surface area (Å²) >= 11 is 0. The number of benzene rings is 1. The molecule has 1 aromatic heterocycles. The molecule has 0 bridgehead atoms. The van der Waals surface area contributed by atoms with Crippen LogP contribution in [0.4, 0.5) is 15.0 Å². The number of nitrogens with one attached hydrogen (secondary N) is 2. The number of anilines is 1. The van der Waals surface area contributed by atoms with Gasteiger partial charge < -0.3 is 29.9 Å². The van der Waals surface area contributed by atoms with Crippen molar-refractivity contribution >= 4 is 17.8 Å². The minimum Gasteiger partial charge on any atom is -0.494 e. The number of rotatable bonds is 16. The van der Waals surface area contributed by atoms with Crippen molar-refractivity contribution in [3.8, 4) is 5.75 Å². The molecule has 1 fully saturated rings. The molecule has 0 unspecified atom stereocenters. The Hall–Kier alpha value is -3.40. The third-order valence-corrected chi connectivity index (χ3v) is 8.96. The smallest absolute Gasteiger partial charge is 0.320 e. The van der Waals surface area contributed by atoms with Gasteiger partial charge in [0.15, 0.2) is 11.6 Å². The molecule has 1 aromatic carbocycles. The van der Waals surface area contributed by atoms with Crippen LogP contribution in [0.1, 0.15) is 83.2 Å². The van der Waals surface area contributed by atoms with Gasteiger partial charge in [-0.3, -0.25) is 4.79 Å². The highest BCUT2D eigenvalue weighted by Crippen LogP contribution is 2.31. The maximum absolute atomic E-state index is 14.8. The van der Waals surface area contributed by atoms with E-state index in [1.54, 1.807) is 17.0 Å². The number of aromatic nitrogens is 1. The fraction of sp³-hybridized carbons (Fsp3) is 0.629. The lowest BCUT2D eigenvalue weighted by molar-refractivity contribution is -0.122. The van der Waals surface area contributed by atoms with Crippen molar-refractivity contribution in [3.63, 3.8) is 0 Å². The minimum absolute atomic E-state index is 0.0250. The van der Waals surface area contributed by atoms with Gasteiger partial charge in [0.05, 0.1) is 32.8 Å². The van der Waals surface area contributed by atoms with E-state index in [4.69, 9.17) is 14.5 Å². The largest absolute Gasteiger partial charge is 0.494 e. The van der Waals surface area contributed by atoms with E-state index in [-0.39, 0.29) is 34.9 Å². The standard InChI is InChI=1S/C35H52FN5O4/c1-7-34(2,3)23-45-24-35(4,5)22-38-31(42)21-29(26-13-15-30(44-6)28(36)20-26)41-19-18-40(33(41)43)17-9-11-27-14-12-25-10-8-16-37-32(25)39-27/h12-15,20,29H,7-11,16-19,21-24H2,1-6H3,(H,37,39)(H,38,42)/t29-/m0/s1. The fourth-order valence-corrected chi connectivity index (χ4v) is 5.70. The fourth-order valence-electron chi connectivity index (χ4n) is 5.70. The molecule has 1 atom stereocenters. The number of nitrogens with zero attached hydrogens (tertiary/aromatic N) is 3. The number of carbonyl (C=O) groups excluding carboxylic acids is 2. The minimum atomic E-state index is -0.610. The number of fused-ring (bicyclic) bond motifs is 1. The van der Waals surface area contributed by atoms with Gasteiger partial charge in [0.2, 0.25) is 5.91 Å². The summed E-state index contributed by atoms with van der Waals surface area (Å²) < 4.78 is 25.9. The SMILES string of the molecule is CCC(C)(C)COCC(C)(C)CNC(=O)C[C@@H](c1ccc(OC)c(F)c1)N1CCN(CCCc2ccc3c(n2)NCCC3)C1=O. The number of hydrogen-bond acceptors (Lipinski definition) is 6. The average molecular weight is 626 g/mol. The molecule has 2 aliphatic rings. The Morgan fingerprint density at radius 2 is 1.91 bits per heavy atom. The lowest BCUT2D eigenvalue weighted by atomic mass is 9.91. The summed E-state index contributed by atoms with van der Waals surface area (Å²) in [5, 5.41) is 6.42. The zero-order chi connectivity index (χ0) is 32.6.